The van der Waals surface area contributed by atoms with Crippen molar-refractivity contribution in [1.29, 1.82) is 0 Å². The summed E-state index contributed by atoms with van der Waals surface area (Å²) < 4.78 is 0. The van der Waals surface area contributed by atoms with Gasteiger partial charge >= 0.3 is 0 Å². The second kappa shape index (κ2) is 1.87. The number of rotatable bonds is 0. The van der Waals surface area contributed by atoms with E-state index >= 15 is 0 Å². The summed E-state index contributed by atoms with van der Waals surface area (Å²) in [5.74, 6) is 0.105. The van der Waals surface area contributed by atoms with E-state index < -0.39 is 0 Å². The fourth-order valence-corrected chi connectivity index (χ4v) is 1.45. The Morgan fingerprint density at radius 2 is 2.36 bits per heavy atom. The molecule has 0 spiro atoms. The molecule has 3 heteroatoms. The smallest absolute Gasteiger partial charge is 0.270 e. The highest BCUT2D eigenvalue weighted by molar-refractivity contribution is 5.96. The molecule has 1 aromatic rings. The first-order valence-electron chi connectivity index (χ1n) is 3.62. The number of aryl methyl sites for hydroxylation is 1. The van der Waals surface area contributed by atoms with Crippen LogP contribution in [0, 0.1) is 6.92 Å². The molecule has 0 aliphatic carbocycles. The molecular formula is C8H10N2O. The van der Waals surface area contributed by atoms with Crippen molar-refractivity contribution in [1.82, 2.24) is 9.88 Å². The van der Waals surface area contributed by atoms with Crippen LogP contribution in [0.5, 0.6) is 0 Å². The third kappa shape index (κ3) is 0.707. The summed E-state index contributed by atoms with van der Waals surface area (Å²) >= 11 is 0. The zero-order valence-electron chi connectivity index (χ0n) is 6.64. The number of carbonyl (C=O) groups excluding carboxylic acids is 1. The molecule has 0 unspecified atom stereocenters. The quantitative estimate of drug-likeness (QED) is 0.586. The summed E-state index contributed by atoms with van der Waals surface area (Å²) in [5.41, 5.74) is 3.10. The fourth-order valence-electron chi connectivity index (χ4n) is 1.45. The van der Waals surface area contributed by atoms with Crippen molar-refractivity contribution in [2.45, 2.75) is 13.5 Å². The number of amides is 1. The van der Waals surface area contributed by atoms with Crippen LogP contribution in [0.25, 0.3) is 0 Å². The molecule has 1 amide bonds. The SMILES string of the molecule is Cc1c[nH]c2c1CN(C)C2=O. The van der Waals surface area contributed by atoms with Crippen molar-refractivity contribution in [2.24, 2.45) is 0 Å². The average Bonchev–Trinajstić information content (AvgIpc) is 2.43. The molecule has 3 nitrogen and oxygen atoms in total. The summed E-state index contributed by atoms with van der Waals surface area (Å²) in [6.45, 7) is 2.77. The standard InChI is InChI=1S/C8H10N2O/c1-5-3-9-7-6(5)4-10(2)8(7)11/h3,9H,4H2,1-2H3. The van der Waals surface area contributed by atoms with Gasteiger partial charge in [-0.3, -0.25) is 4.79 Å². The van der Waals surface area contributed by atoms with Gasteiger partial charge in [0.05, 0.1) is 0 Å². The van der Waals surface area contributed by atoms with E-state index in [-0.39, 0.29) is 5.91 Å². The summed E-state index contributed by atoms with van der Waals surface area (Å²) in [4.78, 5) is 16.0. The molecule has 11 heavy (non-hydrogen) atoms. The molecule has 1 aromatic heterocycles. The number of hydrogen-bond donors (Lipinski definition) is 1. The van der Waals surface area contributed by atoms with Gasteiger partial charge in [0, 0.05) is 25.4 Å². The topological polar surface area (TPSA) is 36.1 Å². The maximum atomic E-state index is 11.3. The molecule has 0 atom stereocenters. The van der Waals surface area contributed by atoms with E-state index in [4.69, 9.17) is 0 Å². The van der Waals surface area contributed by atoms with Gasteiger partial charge in [0.2, 0.25) is 0 Å². The first kappa shape index (κ1) is 6.46. The first-order valence-corrected chi connectivity index (χ1v) is 3.62. The van der Waals surface area contributed by atoms with E-state index in [2.05, 4.69) is 4.98 Å². The number of fused-ring (bicyclic) bond motifs is 1. The van der Waals surface area contributed by atoms with Gasteiger partial charge < -0.3 is 9.88 Å². The van der Waals surface area contributed by atoms with Crippen molar-refractivity contribution in [3.05, 3.63) is 23.0 Å². The number of nitrogens with zero attached hydrogens (tertiary/aromatic N) is 1. The predicted molar refractivity (Wildman–Crippen MR) is 41.3 cm³/mol. The van der Waals surface area contributed by atoms with E-state index in [1.807, 2.05) is 20.2 Å². The van der Waals surface area contributed by atoms with Crippen molar-refractivity contribution < 1.29 is 4.79 Å². The number of aromatic nitrogens is 1. The Morgan fingerprint density at radius 3 is 3.00 bits per heavy atom. The van der Waals surface area contributed by atoms with Gasteiger partial charge in [-0.05, 0) is 12.5 Å². The zero-order chi connectivity index (χ0) is 8.01. The number of aromatic amines is 1. The number of carbonyl (C=O) groups is 1. The van der Waals surface area contributed by atoms with E-state index in [0.29, 0.717) is 0 Å². The molecule has 0 saturated heterocycles. The third-order valence-corrected chi connectivity index (χ3v) is 2.17. The van der Waals surface area contributed by atoms with Crippen LogP contribution in [-0.2, 0) is 6.54 Å². The van der Waals surface area contributed by atoms with Gasteiger partial charge in [-0.1, -0.05) is 0 Å². The molecule has 1 aliphatic heterocycles. The lowest BCUT2D eigenvalue weighted by atomic mass is 10.2. The summed E-state index contributed by atoms with van der Waals surface area (Å²) in [7, 11) is 1.82. The van der Waals surface area contributed by atoms with E-state index in [1.54, 1.807) is 4.90 Å². The van der Waals surface area contributed by atoms with Crippen molar-refractivity contribution in [3.63, 3.8) is 0 Å². The van der Waals surface area contributed by atoms with Gasteiger partial charge in [-0.15, -0.1) is 0 Å². The Balaban J connectivity index is 2.56. The normalized spacial score (nSPS) is 15.8. The number of H-pyrrole nitrogens is 1. The van der Waals surface area contributed by atoms with Crippen molar-refractivity contribution in [3.8, 4) is 0 Å². The average molecular weight is 150 g/mol. The highest BCUT2D eigenvalue weighted by atomic mass is 16.2. The Morgan fingerprint density at radius 1 is 1.64 bits per heavy atom. The fraction of sp³-hybridized carbons (Fsp3) is 0.375. The minimum atomic E-state index is 0.105. The van der Waals surface area contributed by atoms with Gasteiger partial charge in [0.25, 0.3) is 5.91 Å². The summed E-state index contributed by atoms with van der Waals surface area (Å²) in [6.07, 6.45) is 1.88. The Bertz CT molecular complexity index is 314. The Hall–Kier alpha value is -1.25. The molecule has 0 radical (unpaired) electrons. The van der Waals surface area contributed by atoms with Crippen LogP contribution in [0.3, 0.4) is 0 Å². The minimum absolute atomic E-state index is 0.105. The summed E-state index contributed by atoms with van der Waals surface area (Å²) in [5, 5.41) is 0. The largest absolute Gasteiger partial charge is 0.357 e. The minimum Gasteiger partial charge on any atom is -0.357 e. The number of hydrogen-bond acceptors (Lipinski definition) is 1. The Kier molecular flexibility index (Phi) is 1.10. The second-order valence-corrected chi connectivity index (χ2v) is 2.99. The van der Waals surface area contributed by atoms with Gasteiger partial charge in [-0.25, -0.2) is 0 Å². The molecular weight excluding hydrogens is 140 g/mol. The molecule has 1 N–H and O–H groups in total. The van der Waals surface area contributed by atoms with Gasteiger partial charge in [0.15, 0.2) is 0 Å². The van der Waals surface area contributed by atoms with Crippen LogP contribution in [-0.4, -0.2) is 22.8 Å². The Labute approximate surface area is 65.0 Å². The number of nitrogens with one attached hydrogen (secondary N) is 1. The van der Waals surface area contributed by atoms with Crippen molar-refractivity contribution >= 4 is 5.91 Å². The maximum Gasteiger partial charge on any atom is 0.270 e. The van der Waals surface area contributed by atoms with Gasteiger partial charge in [0.1, 0.15) is 5.69 Å². The van der Waals surface area contributed by atoms with Crippen LogP contribution in [0.1, 0.15) is 21.6 Å². The molecule has 0 aromatic carbocycles. The molecule has 1 aliphatic rings. The lowest BCUT2D eigenvalue weighted by molar-refractivity contribution is 0.0812. The molecule has 0 saturated carbocycles. The van der Waals surface area contributed by atoms with E-state index in [9.17, 15) is 4.79 Å². The first-order chi connectivity index (χ1) is 5.20. The molecule has 0 fully saturated rings. The van der Waals surface area contributed by atoms with Crippen LogP contribution >= 0.6 is 0 Å². The predicted octanol–water partition coefficient (Wildman–Crippen LogP) is 0.909. The monoisotopic (exact) mass is 150 g/mol. The molecule has 2 heterocycles. The highest BCUT2D eigenvalue weighted by Gasteiger charge is 2.26. The van der Waals surface area contributed by atoms with Gasteiger partial charge in [-0.2, -0.15) is 0 Å². The third-order valence-electron chi connectivity index (χ3n) is 2.17. The van der Waals surface area contributed by atoms with Crippen LogP contribution in [0.4, 0.5) is 0 Å². The lowest BCUT2D eigenvalue weighted by Crippen LogP contribution is -2.18. The molecule has 58 valence electrons. The van der Waals surface area contributed by atoms with Crippen LogP contribution in [0.2, 0.25) is 0 Å². The van der Waals surface area contributed by atoms with E-state index in [1.165, 1.54) is 5.56 Å². The van der Waals surface area contributed by atoms with Crippen LogP contribution in [0.15, 0.2) is 6.20 Å². The maximum absolute atomic E-state index is 11.3. The molecule has 0 bridgehead atoms. The molecule has 2 rings (SSSR count). The van der Waals surface area contributed by atoms with E-state index in [0.717, 1.165) is 17.8 Å². The lowest BCUT2D eigenvalue weighted by Gasteiger charge is -2.05. The second-order valence-electron chi connectivity index (χ2n) is 2.99. The zero-order valence-corrected chi connectivity index (χ0v) is 6.64. The van der Waals surface area contributed by atoms with Crippen molar-refractivity contribution in [2.75, 3.05) is 7.05 Å². The summed E-state index contributed by atoms with van der Waals surface area (Å²) in [6, 6.07) is 0. The highest BCUT2D eigenvalue weighted by Crippen LogP contribution is 2.22. The van der Waals surface area contributed by atoms with Crippen LogP contribution < -0.4 is 0 Å².